The van der Waals surface area contributed by atoms with E-state index in [0.29, 0.717) is 0 Å². The molecule has 18 heavy (non-hydrogen) atoms. The van der Waals surface area contributed by atoms with E-state index < -0.39 is 0 Å². The summed E-state index contributed by atoms with van der Waals surface area (Å²) in [5.41, 5.74) is 7.83. The Labute approximate surface area is 110 Å². The second kappa shape index (κ2) is 4.52. The predicted molar refractivity (Wildman–Crippen MR) is 73.2 cm³/mol. The van der Waals surface area contributed by atoms with Crippen molar-refractivity contribution in [2.24, 2.45) is 14.1 Å². The van der Waals surface area contributed by atoms with Gasteiger partial charge in [0.2, 0.25) is 0 Å². The molecule has 0 aromatic carbocycles. The van der Waals surface area contributed by atoms with Crippen molar-refractivity contribution in [2.45, 2.75) is 27.7 Å². The lowest BCUT2D eigenvalue weighted by molar-refractivity contribution is -0.690. The van der Waals surface area contributed by atoms with Gasteiger partial charge in [-0.15, -0.1) is 0 Å². The molecule has 2 nitrogen and oxygen atoms in total. The summed E-state index contributed by atoms with van der Waals surface area (Å²) in [6.07, 6.45) is 4.39. The maximum Gasteiger partial charge on any atom is 0.277 e. The molecule has 0 aliphatic heterocycles. The molecule has 2 aromatic heterocycles. The second-order valence-electron chi connectivity index (χ2n) is 5.27. The zero-order valence-electron chi connectivity index (χ0n) is 12.2. The summed E-state index contributed by atoms with van der Waals surface area (Å²) in [5, 5.41) is 0. The third-order valence-corrected chi connectivity index (χ3v) is 3.75. The van der Waals surface area contributed by atoms with Crippen LogP contribution in [0.4, 0.5) is 0 Å². The van der Waals surface area contributed by atoms with Gasteiger partial charge in [0.05, 0.1) is 0 Å². The monoisotopic (exact) mass is 242 g/mol. The van der Waals surface area contributed by atoms with Crippen LogP contribution in [0, 0.1) is 27.7 Å². The van der Waals surface area contributed by atoms with E-state index in [1.165, 1.54) is 33.6 Å². The molecule has 0 spiro atoms. The van der Waals surface area contributed by atoms with Crippen molar-refractivity contribution in [3.8, 4) is 11.4 Å². The Balaban J connectivity index is 2.69. The molecular weight excluding hydrogens is 220 g/mol. The molecule has 0 bridgehead atoms. The van der Waals surface area contributed by atoms with Crippen molar-refractivity contribution in [1.29, 1.82) is 0 Å². The maximum absolute atomic E-state index is 2.26. The van der Waals surface area contributed by atoms with Crippen LogP contribution in [-0.4, -0.2) is 0 Å². The number of hydrogen-bond donors (Lipinski definition) is 0. The molecule has 2 heteroatoms. The molecule has 0 saturated heterocycles. The molecule has 2 aromatic rings. The summed E-state index contributed by atoms with van der Waals surface area (Å²) in [4.78, 5) is 0. The highest BCUT2D eigenvalue weighted by Crippen LogP contribution is 2.16. The second-order valence-corrected chi connectivity index (χ2v) is 5.27. The lowest BCUT2D eigenvalue weighted by Crippen LogP contribution is -2.39. The highest BCUT2D eigenvalue weighted by molar-refractivity contribution is 5.50. The van der Waals surface area contributed by atoms with E-state index in [1.54, 1.807) is 0 Å². The molecule has 2 heterocycles. The number of hydrogen-bond acceptors (Lipinski definition) is 0. The fraction of sp³-hybridized carbons (Fsp3) is 0.375. The Morgan fingerprint density at radius 2 is 0.944 bits per heavy atom. The molecule has 0 radical (unpaired) electrons. The van der Waals surface area contributed by atoms with Crippen molar-refractivity contribution in [3.05, 3.63) is 46.8 Å². The van der Waals surface area contributed by atoms with Crippen molar-refractivity contribution in [1.82, 2.24) is 0 Å². The summed E-state index contributed by atoms with van der Waals surface area (Å²) in [6.45, 7) is 8.64. The minimum atomic E-state index is 1.25. The third kappa shape index (κ3) is 2.15. The Hall–Kier alpha value is -1.70. The van der Waals surface area contributed by atoms with Crippen LogP contribution in [0.2, 0.25) is 0 Å². The van der Waals surface area contributed by atoms with Crippen molar-refractivity contribution in [2.75, 3.05) is 0 Å². The SMILES string of the molecule is Cc1cc(-c2cc(C)c(C)c[n+]2C)[n+](C)cc1C. The van der Waals surface area contributed by atoms with Gasteiger partial charge in [-0.1, -0.05) is 0 Å². The number of aromatic nitrogens is 2. The normalized spacial score (nSPS) is 10.8. The van der Waals surface area contributed by atoms with E-state index in [4.69, 9.17) is 0 Å². The third-order valence-electron chi connectivity index (χ3n) is 3.75. The molecule has 0 aliphatic carbocycles. The average Bonchev–Trinajstić information content (AvgIpc) is 2.29. The summed E-state index contributed by atoms with van der Waals surface area (Å²) in [6, 6.07) is 4.53. The minimum absolute atomic E-state index is 1.25. The van der Waals surface area contributed by atoms with Gasteiger partial charge in [0.25, 0.3) is 11.4 Å². The van der Waals surface area contributed by atoms with Gasteiger partial charge < -0.3 is 0 Å². The number of rotatable bonds is 1. The molecule has 2 rings (SSSR count). The van der Waals surface area contributed by atoms with E-state index >= 15 is 0 Å². The first-order valence-electron chi connectivity index (χ1n) is 6.34. The van der Waals surface area contributed by atoms with E-state index in [9.17, 15) is 0 Å². The fourth-order valence-corrected chi connectivity index (χ4v) is 2.27. The largest absolute Gasteiger partial charge is 0.277 e. The number of aryl methyl sites for hydroxylation is 6. The van der Waals surface area contributed by atoms with Crippen LogP contribution in [0.1, 0.15) is 22.3 Å². The van der Waals surface area contributed by atoms with Gasteiger partial charge in [-0.3, -0.25) is 0 Å². The molecule has 0 unspecified atom stereocenters. The van der Waals surface area contributed by atoms with Gasteiger partial charge in [-0.05, 0) is 38.8 Å². The lowest BCUT2D eigenvalue weighted by Gasteiger charge is -2.05. The van der Waals surface area contributed by atoms with Crippen molar-refractivity contribution >= 4 is 0 Å². The van der Waals surface area contributed by atoms with Crippen LogP contribution < -0.4 is 9.13 Å². The van der Waals surface area contributed by atoms with Crippen LogP contribution in [-0.2, 0) is 14.1 Å². The van der Waals surface area contributed by atoms with E-state index in [1.807, 2.05) is 0 Å². The molecule has 0 fully saturated rings. The highest BCUT2D eigenvalue weighted by atomic mass is 15.0. The topological polar surface area (TPSA) is 7.76 Å². The van der Waals surface area contributed by atoms with Gasteiger partial charge in [-0.2, -0.15) is 9.13 Å². The van der Waals surface area contributed by atoms with Crippen molar-refractivity contribution < 1.29 is 9.13 Å². The first-order valence-corrected chi connectivity index (χ1v) is 6.34. The molecule has 0 aliphatic rings. The van der Waals surface area contributed by atoms with Crippen molar-refractivity contribution in [3.63, 3.8) is 0 Å². The quantitative estimate of drug-likeness (QED) is 0.678. The zero-order chi connectivity index (χ0) is 13.4. The number of nitrogens with zero attached hydrogens (tertiary/aromatic N) is 2. The minimum Gasteiger partial charge on any atom is -0.196 e. The standard InChI is InChI=1S/C16H22N2/c1-11-7-15(17(5)9-13(11)3)16-8-12(2)14(4)10-18(16)6/h7-10H,1-6H3/q+2. The van der Waals surface area contributed by atoms with Gasteiger partial charge in [-0.25, -0.2) is 0 Å². The zero-order valence-corrected chi connectivity index (χ0v) is 12.2. The Bertz CT molecular complexity index is 557. The molecular formula is C16H22N2+2. The van der Waals surface area contributed by atoms with E-state index in [0.717, 1.165) is 0 Å². The van der Waals surface area contributed by atoms with Crippen LogP contribution in [0.3, 0.4) is 0 Å². The Morgan fingerprint density at radius 1 is 0.611 bits per heavy atom. The van der Waals surface area contributed by atoms with Gasteiger partial charge in [0, 0.05) is 23.3 Å². The van der Waals surface area contributed by atoms with E-state index in [-0.39, 0.29) is 0 Å². The summed E-state index contributed by atoms with van der Waals surface area (Å²) in [7, 11) is 4.22. The molecule has 94 valence electrons. The number of pyridine rings is 2. The lowest BCUT2D eigenvalue weighted by atomic mass is 10.1. The maximum atomic E-state index is 2.26. The average molecular weight is 242 g/mol. The summed E-state index contributed by atoms with van der Waals surface area (Å²) in [5.74, 6) is 0. The van der Waals surface area contributed by atoms with Crippen LogP contribution in [0.5, 0.6) is 0 Å². The van der Waals surface area contributed by atoms with Crippen LogP contribution in [0.15, 0.2) is 24.5 Å². The van der Waals surface area contributed by atoms with Crippen LogP contribution >= 0.6 is 0 Å². The Kier molecular flexibility index (Phi) is 3.20. The van der Waals surface area contributed by atoms with E-state index in [2.05, 4.69) is 75.5 Å². The molecule has 0 saturated carbocycles. The Morgan fingerprint density at radius 3 is 1.28 bits per heavy atom. The first-order chi connectivity index (χ1) is 8.40. The summed E-state index contributed by atoms with van der Waals surface area (Å²) < 4.78 is 4.40. The molecule has 0 amide bonds. The van der Waals surface area contributed by atoms with Gasteiger partial charge in [0.1, 0.15) is 14.1 Å². The molecule has 0 N–H and O–H groups in total. The fourth-order valence-electron chi connectivity index (χ4n) is 2.27. The first kappa shape index (κ1) is 12.7. The molecule has 0 atom stereocenters. The predicted octanol–water partition coefficient (Wildman–Crippen LogP) is 2.24. The van der Waals surface area contributed by atoms with Gasteiger partial charge in [0.15, 0.2) is 12.4 Å². The van der Waals surface area contributed by atoms with Gasteiger partial charge >= 0.3 is 0 Å². The summed E-state index contributed by atoms with van der Waals surface area (Å²) >= 11 is 0. The smallest absolute Gasteiger partial charge is 0.196 e. The highest BCUT2D eigenvalue weighted by Gasteiger charge is 2.21. The van der Waals surface area contributed by atoms with Crippen LogP contribution in [0.25, 0.3) is 11.4 Å².